The van der Waals surface area contributed by atoms with Gasteiger partial charge < -0.3 is 21.1 Å². The fourth-order valence-electron chi connectivity index (χ4n) is 4.35. The van der Waals surface area contributed by atoms with Gasteiger partial charge in [0.2, 0.25) is 15.9 Å². The topological polar surface area (TPSA) is 174 Å². The number of amides is 2. The SMILES string of the molecule is CC(=N)Cc1cccc(C(=O)NCC(=O)CCC(NC(=O)C2CCCN2S(=O)(=O)c2ccccc2)C(=O)O)c1. The highest BCUT2D eigenvalue weighted by atomic mass is 32.2. The Balaban J connectivity index is 1.54. The molecule has 1 saturated heterocycles. The standard InChI is InChI=1S/C27H32N4O7S/c1-18(28)15-19-7-5-8-20(16-19)25(33)29-17-21(32)12-13-23(27(35)36)30-26(34)24-11-6-14-31(24)39(37,38)22-9-3-2-4-10-22/h2-5,7-10,16,23-24,28H,6,11-15,17H2,1H3,(H,29,33)(H,30,34)(H,35,36). The number of hydrogen-bond acceptors (Lipinski definition) is 7. The van der Waals surface area contributed by atoms with Gasteiger partial charge in [0.1, 0.15) is 12.1 Å². The lowest BCUT2D eigenvalue weighted by Crippen LogP contribution is -2.51. The van der Waals surface area contributed by atoms with Crippen molar-refractivity contribution in [2.75, 3.05) is 13.1 Å². The van der Waals surface area contributed by atoms with E-state index in [-0.39, 0.29) is 37.2 Å². The Morgan fingerprint density at radius 2 is 1.82 bits per heavy atom. The highest BCUT2D eigenvalue weighted by molar-refractivity contribution is 7.89. The van der Waals surface area contributed by atoms with Crippen molar-refractivity contribution in [1.29, 1.82) is 5.41 Å². The van der Waals surface area contributed by atoms with E-state index >= 15 is 0 Å². The Hall–Kier alpha value is -3.90. The summed E-state index contributed by atoms with van der Waals surface area (Å²) < 4.78 is 27.1. The Morgan fingerprint density at radius 3 is 2.49 bits per heavy atom. The van der Waals surface area contributed by atoms with Crippen LogP contribution in [-0.4, -0.2) is 72.3 Å². The van der Waals surface area contributed by atoms with Crippen molar-refractivity contribution in [1.82, 2.24) is 14.9 Å². The third-order valence-electron chi connectivity index (χ3n) is 6.29. The van der Waals surface area contributed by atoms with E-state index in [4.69, 9.17) is 5.41 Å². The van der Waals surface area contributed by atoms with E-state index in [0.29, 0.717) is 24.1 Å². The average molecular weight is 557 g/mol. The number of nitrogens with one attached hydrogen (secondary N) is 3. The number of hydrogen-bond donors (Lipinski definition) is 4. The second-order valence-corrected chi connectivity index (χ2v) is 11.3. The van der Waals surface area contributed by atoms with Crippen LogP contribution in [0, 0.1) is 5.41 Å². The number of carboxylic acids is 1. The molecule has 0 spiro atoms. The smallest absolute Gasteiger partial charge is 0.326 e. The number of aliphatic carboxylic acids is 1. The molecule has 0 aliphatic carbocycles. The first-order valence-electron chi connectivity index (χ1n) is 12.5. The molecule has 12 heteroatoms. The predicted octanol–water partition coefficient (Wildman–Crippen LogP) is 1.77. The van der Waals surface area contributed by atoms with Crippen LogP contribution >= 0.6 is 0 Å². The maximum absolute atomic E-state index is 13.0. The number of carbonyl (C=O) groups excluding carboxylic acids is 3. The highest BCUT2D eigenvalue weighted by Crippen LogP contribution is 2.26. The first-order valence-corrected chi connectivity index (χ1v) is 14.0. The first kappa shape index (κ1) is 29.7. The minimum Gasteiger partial charge on any atom is -0.480 e. The molecule has 208 valence electrons. The number of carbonyl (C=O) groups is 4. The third kappa shape index (κ3) is 8.04. The molecule has 39 heavy (non-hydrogen) atoms. The van der Waals surface area contributed by atoms with Gasteiger partial charge in [-0.25, -0.2) is 13.2 Å². The molecular weight excluding hydrogens is 524 g/mol. The molecule has 0 aromatic heterocycles. The van der Waals surface area contributed by atoms with E-state index in [0.717, 1.165) is 9.87 Å². The molecule has 2 amide bonds. The van der Waals surface area contributed by atoms with E-state index in [1.54, 1.807) is 49.4 Å². The number of nitrogens with zero attached hydrogens (tertiary/aromatic N) is 1. The van der Waals surface area contributed by atoms with Gasteiger partial charge in [0.05, 0.1) is 11.4 Å². The van der Waals surface area contributed by atoms with Crippen LogP contribution in [0.4, 0.5) is 0 Å². The summed E-state index contributed by atoms with van der Waals surface area (Å²) >= 11 is 0. The Labute approximate surface area is 227 Å². The van der Waals surface area contributed by atoms with Crippen molar-refractivity contribution >= 4 is 39.3 Å². The van der Waals surface area contributed by atoms with Crippen molar-refractivity contribution in [2.45, 2.75) is 56.0 Å². The summed E-state index contributed by atoms with van der Waals surface area (Å²) in [5, 5.41) is 22.1. The van der Waals surface area contributed by atoms with Gasteiger partial charge in [-0.2, -0.15) is 4.31 Å². The van der Waals surface area contributed by atoms with Gasteiger partial charge in [-0.05, 0) is 56.0 Å². The molecule has 2 aromatic rings. The Bertz CT molecular complexity index is 1340. The van der Waals surface area contributed by atoms with E-state index in [1.807, 2.05) is 0 Å². The van der Waals surface area contributed by atoms with Crippen LogP contribution in [0.2, 0.25) is 0 Å². The maximum Gasteiger partial charge on any atom is 0.326 e. The van der Waals surface area contributed by atoms with E-state index in [9.17, 15) is 32.7 Å². The molecule has 0 radical (unpaired) electrons. The average Bonchev–Trinajstić information content (AvgIpc) is 3.41. The quantitative estimate of drug-likeness (QED) is 0.272. The van der Waals surface area contributed by atoms with E-state index in [2.05, 4.69) is 10.6 Å². The summed E-state index contributed by atoms with van der Waals surface area (Å²) in [5.41, 5.74) is 1.57. The number of rotatable bonds is 13. The molecule has 1 aliphatic heterocycles. The van der Waals surface area contributed by atoms with Crippen LogP contribution in [0.5, 0.6) is 0 Å². The molecule has 11 nitrogen and oxygen atoms in total. The van der Waals surface area contributed by atoms with E-state index in [1.165, 1.54) is 12.1 Å². The minimum absolute atomic E-state index is 0.0451. The van der Waals surface area contributed by atoms with Crippen LogP contribution in [-0.2, 0) is 30.8 Å². The monoisotopic (exact) mass is 556 g/mol. The Morgan fingerprint density at radius 1 is 1.10 bits per heavy atom. The molecule has 3 rings (SSSR count). The zero-order valence-electron chi connectivity index (χ0n) is 21.6. The van der Waals surface area contributed by atoms with Gasteiger partial charge in [-0.3, -0.25) is 14.4 Å². The lowest BCUT2D eigenvalue weighted by molar-refractivity contribution is -0.142. The number of sulfonamides is 1. The van der Waals surface area contributed by atoms with Crippen LogP contribution in [0.25, 0.3) is 0 Å². The van der Waals surface area contributed by atoms with Crippen LogP contribution in [0.1, 0.15) is 48.5 Å². The zero-order chi connectivity index (χ0) is 28.6. The number of benzene rings is 2. The molecule has 0 bridgehead atoms. The minimum atomic E-state index is -3.94. The van der Waals surface area contributed by atoms with Crippen LogP contribution < -0.4 is 10.6 Å². The molecule has 0 saturated carbocycles. The van der Waals surface area contributed by atoms with Crippen molar-refractivity contribution in [3.8, 4) is 0 Å². The van der Waals surface area contributed by atoms with Gasteiger partial charge in [0.25, 0.3) is 5.91 Å². The maximum atomic E-state index is 13.0. The molecule has 2 unspecified atom stereocenters. The number of ketones is 1. The lowest BCUT2D eigenvalue weighted by atomic mass is 10.1. The lowest BCUT2D eigenvalue weighted by Gasteiger charge is -2.25. The summed E-state index contributed by atoms with van der Waals surface area (Å²) in [7, 11) is -3.94. The second kappa shape index (κ2) is 13.3. The summed E-state index contributed by atoms with van der Waals surface area (Å²) in [6, 6.07) is 11.9. The third-order valence-corrected chi connectivity index (χ3v) is 8.21. The van der Waals surface area contributed by atoms with Crippen molar-refractivity contribution in [2.24, 2.45) is 0 Å². The normalized spacial score (nSPS) is 16.3. The number of Topliss-reactive ketones (excluding diaryl/α,β-unsaturated/α-hetero) is 1. The van der Waals surface area contributed by atoms with Gasteiger partial charge >= 0.3 is 5.97 Å². The van der Waals surface area contributed by atoms with Crippen LogP contribution in [0.3, 0.4) is 0 Å². The molecule has 4 N–H and O–H groups in total. The van der Waals surface area contributed by atoms with E-state index < -0.39 is 45.7 Å². The fourth-order valence-corrected chi connectivity index (χ4v) is 6.02. The van der Waals surface area contributed by atoms with Gasteiger partial charge in [-0.15, -0.1) is 0 Å². The van der Waals surface area contributed by atoms with Gasteiger partial charge in [0, 0.05) is 30.7 Å². The molecule has 1 fully saturated rings. The first-order chi connectivity index (χ1) is 18.5. The molecule has 2 aromatic carbocycles. The largest absolute Gasteiger partial charge is 0.480 e. The molecule has 1 aliphatic rings. The second-order valence-electron chi connectivity index (χ2n) is 9.40. The van der Waals surface area contributed by atoms with Crippen LogP contribution in [0.15, 0.2) is 59.5 Å². The van der Waals surface area contributed by atoms with Crippen molar-refractivity contribution in [3.05, 3.63) is 65.7 Å². The summed E-state index contributed by atoms with van der Waals surface area (Å²) in [6.45, 7) is 1.47. The van der Waals surface area contributed by atoms with Gasteiger partial charge in [0.15, 0.2) is 5.78 Å². The summed E-state index contributed by atoms with van der Waals surface area (Å²) in [5.74, 6) is -2.99. The molecular formula is C27H32N4O7S. The predicted molar refractivity (Wildman–Crippen MR) is 143 cm³/mol. The van der Waals surface area contributed by atoms with Gasteiger partial charge in [-0.1, -0.05) is 30.3 Å². The van der Waals surface area contributed by atoms with Crippen molar-refractivity contribution < 1.29 is 32.7 Å². The molecule has 2 atom stereocenters. The molecule has 1 heterocycles. The summed E-state index contributed by atoms with van der Waals surface area (Å²) in [4.78, 5) is 49.5. The highest BCUT2D eigenvalue weighted by Gasteiger charge is 2.40. The zero-order valence-corrected chi connectivity index (χ0v) is 22.4. The summed E-state index contributed by atoms with van der Waals surface area (Å²) in [6.07, 6.45) is 0.655. The Kier molecular flexibility index (Phi) is 10.1. The fraction of sp³-hybridized carbons (Fsp3) is 0.370. The van der Waals surface area contributed by atoms with Crippen molar-refractivity contribution in [3.63, 3.8) is 0 Å². The number of carboxylic acid groups (broad SMARTS) is 1.